The molecular weight excluding hydrogens is 226 g/mol. The van der Waals surface area contributed by atoms with Crippen LogP contribution in [0, 0.1) is 5.92 Å². The summed E-state index contributed by atoms with van der Waals surface area (Å²) in [5.74, 6) is 3.09. The normalized spacial score (nSPS) is 19.2. The Labute approximate surface area is 110 Å². The summed E-state index contributed by atoms with van der Waals surface area (Å²) in [6.07, 6.45) is 3.58. The van der Waals surface area contributed by atoms with E-state index in [2.05, 4.69) is 43.2 Å². The molecule has 1 aliphatic carbocycles. The molecule has 0 amide bonds. The second-order valence-corrected chi connectivity index (χ2v) is 5.78. The summed E-state index contributed by atoms with van der Waals surface area (Å²) >= 11 is 0. The van der Waals surface area contributed by atoms with Gasteiger partial charge >= 0.3 is 0 Å². The van der Waals surface area contributed by atoms with Gasteiger partial charge in [-0.3, -0.25) is 0 Å². The zero-order valence-electron chi connectivity index (χ0n) is 11.9. The average Bonchev–Trinajstić information content (AvgIpc) is 3.07. The van der Waals surface area contributed by atoms with Gasteiger partial charge in [0.2, 0.25) is 5.89 Å². The molecule has 4 nitrogen and oxygen atoms in total. The van der Waals surface area contributed by atoms with E-state index >= 15 is 0 Å². The molecule has 0 spiro atoms. The molecule has 2 unspecified atom stereocenters. The summed E-state index contributed by atoms with van der Waals surface area (Å²) < 4.78 is 5.49. The van der Waals surface area contributed by atoms with Crippen LogP contribution < -0.4 is 5.32 Å². The second-order valence-electron chi connectivity index (χ2n) is 5.78. The molecule has 1 saturated carbocycles. The van der Waals surface area contributed by atoms with E-state index in [0.29, 0.717) is 23.8 Å². The lowest BCUT2D eigenvalue weighted by Gasteiger charge is -2.24. The lowest BCUT2D eigenvalue weighted by atomic mass is 9.89. The van der Waals surface area contributed by atoms with E-state index in [-0.39, 0.29) is 0 Å². The number of aromatic nitrogens is 2. The number of hydrogen-bond donors (Lipinski definition) is 1. The second kappa shape index (κ2) is 5.83. The fourth-order valence-corrected chi connectivity index (χ4v) is 2.47. The van der Waals surface area contributed by atoms with E-state index < -0.39 is 0 Å². The Morgan fingerprint density at radius 2 is 2.06 bits per heavy atom. The third-order valence-electron chi connectivity index (χ3n) is 3.66. The van der Waals surface area contributed by atoms with Gasteiger partial charge in [-0.2, -0.15) is 4.98 Å². The van der Waals surface area contributed by atoms with Crippen LogP contribution >= 0.6 is 0 Å². The SMILES string of the molecule is CCCNC(C)C(c1nc(C2CC2)no1)C(C)C. The molecule has 18 heavy (non-hydrogen) atoms. The minimum atomic E-state index is 0.302. The van der Waals surface area contributed by atoms with Crippen molar-refractivity contribution in [3.05, 3.63) is 11.7 Å². The van der Waals surface area contributed by atoms with Crippen LogP contribution in [0.2, 0.25) is 0 Å². The minimum Gasteiger partial charge on any atom is -0.339 e. The van der Waals surface area contributed by atoms with Crippen LogP contribution in [0.15, 0.2) is 4.52 Å². The van der Waals surface area contributed by atoms with Crippen LogP contribution in [-0.2, 0) is 0 Å². The van der Waals surface area contributed by atoms with Gasteiger partial charge in [0.25, 0.3) is 0 Å². The van der Waals surface area contributed by atoms with Gasteiger partial charge in [0.15, 0.2) is 5.82 Å². The van der Waals surface area contributed by atoms with Crippen LogP contribution in [0.3, 0.4) is 0 Å². The zero-order valence-corrected chi connectivity index (χ0v) is 11.9. The van der Waals surface area contributed by atoms with E-state index in [0.717, 1.165) is 24.7 Å². The summed E-state index contributed by atoms with van der Waals surface area (Å²) in [5.41, 5.74) is 0. The Bertz CT molecular complexity index is 371. The van der Waals surface area contributed by atoms with Gasteiger partial charge in [0.1, 0.15) is 0 Å². The number of hydrogen-bond acceptors (Lipinski definition) is 4. The summed E-state index contributed by atoms with van der Waals surface area (Å²) in [7, 11) is 0. The number of nitrogens with zero attached hydrogens (tertiary/aromatic N) is 2. The molecule has 0 aromatic carbocycles. The summed E-state index contributed by atoms with van der Waals surface area (Å²) in [4.78, 5) is 4.61. The molecule has 1 heterocycles. The molecule has 1 aromatic rings. The quantitative estimate of drug-likeness (QED) is 0.809. The number of rotatable bonds is 7. The first-order valence-corrected chi connectivity index (χ1v) is 7.20. The van der Waals surface area contributed by atoms with Crippen LogP contribution in [0.4, 0.5) is 0 Å². The van der Waals surface area contributed by atoms with E-state index in [1.165, 1.54) is 12.8 Å². The van der Waals surface area contributed by atoms with E-state index in [9.17, 15) is 0 Å². The molecule has 0 bridgehead atoms. The van der Waals surface area contributed by atoms with Crippen molar-refractivity contribution >= 4 is 0 Å². The van der Waals surface area contributed by atoms with E-state index in [1.54, 1.807) is 0 Å². The van der Waals surface area contributed by atoms with Gasteiger partial charge in [0.05, 0.1) is 5.92 Å². The Hall–Kier alpha value is -0.900. The maximum absolute atomic E-state index is 5.49. The highest BCUT2D eigenvalue weighted by Crippen LogP contribution is 2.39. The fourth-order valence-electron chi connectivity index (χ4n) is 2.47. The summed E-state index contributed by atoms with van der Waals surface area (Å²) in [6, 6.07) is 0.373. The van der Waals surface area contributed by atoms with Crippen molar-refractivity contribution in [3.8, 4) is 0 Å². The summed E-state index contributed by atoms with van der Waals surface area (Å²) in [5, 5.41) is 7.67. The van der Waals surface area contributed by atoms with Crippen LogP contribution in [-0.4, -0.2) is 22.7 Å². The van der Waals surface area contributed by atoms with Gasteiger partial charge in [-0.05, 0) is 38.6 Å². The molecular formula is C14H25N3O. The highest BCUT2D eigenvalue weighted by Gasteiger charge is 2.32. The first-order valence-electron chi connectivity index (χ1n) is 7.20. The Morgan fingerprint density at radius 3 is 2.61 bits per heavy atom. The predicted molar refractivity (Wildman–Crippen MR) is 71.6 cm³/mol. The maximum Gasteiger partial charge on any atom is 0.231 e. The Morgan fingerprint density at radius 1 is 1.33 bits per heavy atom. The van der Waals surface area contributed by atoms with E-state index in [1.807, 2.05) is 0 Å². The highest BCUT2D eigenvalue weighted by molar-refractivity contribution is 5.07. The van der Waals surface area contributed by atoms with Crippen molar-refractivity contribution in [1.82, 2.24) is 15.5 Å². The first-order chi connectivity index (χ1) is 8.63. The van der Waals surface area contributed by atoms with Gasteiger partial charge in [-0.25, -0.2) is 0 Å². The van der Waals surface area contributed by atoms with E-state index in [4.69, 9.17) is 4.52 Å². The molecule has 1 aliphatic rings. The lowest BCUT2D eigenvalue weighted by molar-refractivity contribution is 0.279. The lowest BCUT2D eigenvalue weighted by Crippen LogP contribution is -2.35. The molecule has 0 saturated heterocycles. The van der Waals surface area contributed by atoms with Crippen molar-refractivity contribution in [3.63, 3.8) is 0 Å². The molecule has 0 radical (unpaired) electrons. The van der Waals surface area contributed by atoms with Gasteiger partial charge in [-0.15, -0.1) is 0 Å². The Kier molecular flexibility index (Phi) is 4.38. The van der Waals surface area contributed by atoms with Crippen LogP contribution in [0.1, 0.15) is 70.5 Å². The molecule has 2 rings (SSSR count). The molecule has 0 aliphatic heterocycles. The van der Waals surface area contributed by atoms with Gasteiger partial charge in [-0.1, -0.05) is 25.9 Å². The molecule has 1 fully saturated rings. The molecule has 1 aromatic heterocycles. The van der Waals surface area contributed by atoms with Crippen molar-refractivity contribution in [2.24, 2.45) is 5.92 Å². The molecule has 102 valence electrons. The zero-order chi connectivity index (χ0) is 13.1. The molecule has 2 atom stereocenters. The smallest absolute Gasteiger partial charge is 0.231 e. The van der Waals surface area contributed by atoms with Crippen molar-refractivity contribution in [2.45, 2.75) is 64.8 Å². The standard InChI is InChI=1S/C14H25N3O/c1-5-8-15-10(4)12(9(2)3)14-16-13(17-18-14)11-6-7-11/h9-12,15H,5-8H2,1-4H3. The number of nitrogens with one attached hydrogen (secondary N) is 1. The predicted octanol–water partition coefficient (Wildman–Crippen LogP) is 3.07. The first kappa shape index (κ1) is 13.5. The Balaban J connectivity index is 2.07. The molecule has 4 heteroatoms. The van der Waals surface area contributed by atoms with Crippen LogP contribution in [0.5, 0.6) is 0 Å². The fraction of sp³-hybridized carbons (Fsp3) is 0.857. The van der Waals surface area contributed by atoms with Crippen molar-refractivity contribution in [2.75, 3.05) is 6.54 Å². The van der Waals surface area contributed by atoms with Crippen LogP contribution in [0.25, 0.3) is 0 Å². The van der Waals surface area contributed by atoms with Crippen molar-refractivity contribution < 1.29 is 4.52 Å². The average molecular weight is 251 g/mol. The summed E-state index contributed by atoms with van der Waals surface area (Å²) in [6.45, 7) is 9.86. The topological polar surface area (TPSA) is 51.0 Å². The minimum absolute atomic E-state index is 0.302. The molecule has 1 N–H and O–H groups in total. The third-order valence-corrected chi connectivity index (χ3v) is 3.66. The van der Waals surface area contributed by atoms with Gasteiger partial charge < -0.3 is 9.84 Å². The van der Waals surface area contributed by atoms with Gasteiger partial charge in [0, 0.05) is 12.0 Å². The third kappa shape index (κ3) is 3.10. The van der Waals surface area contributed by atoms with Crippen molar-refractivity contribution in [1.29, 1.82) is 0 Å². The highest BCUT2D eigenvalue weighted by atomic mass is 16.5. The largest absolute Gasteiger partial charge is 0.339 e. The monoisotopic (exact) mass is 251 g/mol. The maximum atomic E-state index is 5.49.